The summed E-state index contributed by atoms with van der Waals surface area (Å²) in [4.78, 5) is 5.85. The molecule has 0 saturated heterocycles. The van der Waals surface area contributed by atoms with Gasteiger partial charge in [-0.2, -0.15) is 17.9 Å². The molecule has 0 spiro atoms. The van der Waals surface area contributed by atoms with Gasteiger partial charge in [0.25, 0.3) is 0 Å². The molecule has 4 aromatic rings. The maximum absolute atomic E-state index is 14.5. The Labute approximate surface area is 187 Å². The van der Waals surface area contributed by atoms with Crippen LogP contribution in [0, 0.1) is 12.7 Å². The summed E-state index contributed by atoms with van der Waals surface area (Å²) in [6, 6.07) is 12.9. The average Bonchev–Trinajstić information content (AvgIpc) is 3.25. The van der Waals surface area contributed by atoms with Gasteiger partial charge in [0.2, 0.25) is 0 Å². The maximum Gasteiger partial charge on any atom is 0.416 e. The molecule has 2 aromatic heterocycles. The highest BCUT2D eigenvalue weighted by molar-refractivity contribution is 5.40. The van der Waals surface area contributed by atoms with Crippen molar-refractivity contribution in [3.63, 3.8) is 0 Å². The summed E-state index contributed by atoms with van der Waals surface area (Å²) in [5, 5.41) is 12.2. The molecule has 10 heteroatoms. The zero-order valence-corrected chi connectivity index (χ0v) is 17.8. The largest absolute Gasteiger partial charge is 0.416 e. The van der Waals surface area contributed by atoms with Gasteiger partial charge in [-0.15, -0.1) is 5.10 Å². The van der Waals surface area contributed by atoms with Crippen LogP contribution in [0.1, 0.15) is 34.1 Å². The van der Waals surface area contributed by atoms with E-state index >= 15 is 0 Å². The highest BCUT2D eigenvalue weighted by Crippen LogP contribution is 2.33. The fourth-order valence-electron chi connectivity index (χ4n) is 3.71. The third-order valence-electron chi connectivity index (χ3n) is 5.32. The Balaban J connectivity index is 1.77. The number of hydrogen-bond acceptors (Lipinski definition) is 5. The zero-order chi connectivity index (χ0) is 23.6. The number of hydrogen-bond donors (Lipinski definition) is 0. The summed E-state index contributed by atoms with van der Waals surface area (Å²) >= 11 is 0. The lowest BCUT2D eigenvalue weighted by Gasteiger charge is -2.28. The van der Waals surface area contributed by atoms with Crippen LogP contribution in [0.4, 0.5) is 17.6 Å². The molecule has 33 heavy (non-hydrogen) atoms. The van der Waals surface area contributed by atoms with E-state index in [0.29, 0.717) is 11.4 Å². The fourth-order valence-corrected chi connectivity index (χ4v) is 3.71. The van der Waals surface area contributed by atoms with Crippen LogP contribution >= 0.6 is 0 Å². The van der Waals surface area contributed by atoms with Crippen molar-refractivity contribution in [2.45, 2.75) is 25.7 Å². The van der Waals surface area contributed by atoms with Crippen LogP contribution in [0.15, 0.2) is 67.0 Å². The molecule has 0 saturated carbocycles. The van der Waals surface area contributed by atoms with E-state index in [2.05, 4.69) is 20.5 Å². The second-order valence-corrected chi connectivity index (χ2v) is 7.64. The van der Waals surface area contributed by atoms with E-state index in [9.17, 15) is 17.6 Å². The van der Waals surface area contributed by atoms with Crippen molar-refractivity contribution < 1.29 is 17.6 Å². The molecule has 6 nitrogen and oxygen atoms in total. The summed E-state index contributed by atoms with van der Waals surface area (Å²) < 4.78 is 55.6. The number of alkyl halides is 3. The van der Waals surface area contributed by atoms with Crippen LogP contribution in [-0.4, -0.2) is 37.1 Å². The van der Waals surface area contributed by atoms with E-state index in [4.69, 9.17) is 0 Å². The topological polar surface area (TPSA) is 59.7 Å². The summed E-state index contributed by atoms with van der Waals surface area (Å²) in [6.45, 7) is 1.80. The molecule has 2 heterocycles. The number of benzene rings is 2. The third-order valence-corrected chi connectivity index (χ3v) is 5.32. The summed E-state index contributed by atoms with van der Waals surface area (Å²) in [6.07, 6.45) is -1.34. The summed E-state index contributed by atoms with van der Waals surface area (Å²) in [5.74, 6) is -0.300. The van der Waals surface area contributed by atoms with E-state index in [1.165, 1.54) is 0 Å². The minimum absolute atomic E-state index is 0.0869. The van der Waals surface area contributed by atoms with Gasteiger partial charge < -0.3 is 0 Å². The van der Waals surface area contributed by atoms with Gasteiger partial charge in [0.05, 0.1) is 17.3 Å². The Kier molecular flexibility index (Phi) is 6.19. The van der Waals surface area contributed by atoms with Crippen molar-refractivity contribution >= 4 is 0 Å². The number of tetrazole rings is 1. The molecule has 0 bridgehead atoms. The van der Waals surface area contributed by atoms with Crippen LogP contribution in [0.5, 0.6) is 0 Å². The van der Waals surface area contributed by atoms with E-state index < -0.39 is 23.6 Å². The molecule has 0 aliphatic carbocycles. The first-order chi connectivity index (χ1) is 15.8. The van der Waals surface area contributed by atoms with Crippen LogP contribution in [-0.2, 0) is 12.7 Å². The molecule has 0 aliphatic heterocycles. The number of rotatable bonds is 6. The van der Waals surface area contributed by atoms with E-state index in [1.807, 2.05) is 37.3 Å². The predicted octanol–water partition coefficient (Wildman–Crippen LogP) is 4.75. The number of aromatic nitrogens is 5. The number of aryl methyl sites for hydroxylation is 1. The molecular formula is C23H20F4N6. The average molecular weight is 456 g/mol. The van der Waals surface area contributed by atoms with Gasteiger partial charge in [0, 0.05) is 24.5 Å². The highest BCUT2D eigenvalue weighted by Gasteiger charge is 2.32. The Hall–Kier alpha value is -3.66. The SMILES string of the molecule is Cc1ccccc1-n1nnnc1C(c1cccnc1)N(C)Cc1cc(C(F)(F)F)ccc1F. The first-order valence-corrected chi connectivity index (χ1v) is 10.1. The monoisotopic (exact) mass is 456 g/mol. The first-order valence-electron chi connectivity index (χ1n) is 10.1. The van der Waals surface area contributed by atoms with Crippen molar-refractivity contribution in [2.75, 3.05) is 7.05 Å². The Morgan fingerprint density at radius 3 is 2.55 bits per heavy atom. The first kappa shape index (κ1) is 22.5. The standard InChI is InChI=1S/C23H20F4N6/c1-15-6-3-4-8-20(15)33-22(29-30-31-33)21(16-7-5-11-28-13-16)32(2)14-17-12-18(23(25,26)27)9-10-19(17)24/h3-13,21H,14H2,1-2H3. The number of nitrogens with zero attached hydrogens (tertiary/aromatic N) is 6. The maximum atomic E-state index is 14.5. The van der Waals surface area contributed by atoms with E-state index in [-0.39, 0.29) is 12.1 Å². The van der Waals surface area contributed by atoms with Crippen molar-refractivity contribution in [1.82, 2.24) is 30.1 Å². The molecule has 0 N–H and O–H groups in total. The number of para-hydroxylation sites is 1. The smallest absolute Gasteiger partial charge is 0.288 e. The minimum Gasteiger partial charge on any atom is -0.288 e. The van der Waals surface area contributed by atoms with Gasteiger partial charge in [-0.25, -0.2) is 4.39 Å². The lowest BCUT2D eigenvalue weighted by molar-refractivity contribution is -0.137. The molecule has 2 aromatic carbocycles. The molecule has 1 atom stereocenters. The van der Waals surface area contributed by atoms with Crippen LogP contribution in [0.3, 0.4) is 0 Å². The molecule has 0 amide bonds. The van der Waals surface area contributed by atoms with Gasteiger partial charge in [0.15, 0.2) is 5.82 Å². The van der Waals surface area contributed by atoms with Crippen LogP contribution in [0.25, 0.3) is 5.69 Å². The molecule has 4 rings (SSSR count). The summed E-state index contributed by atoms with van der Waals surface area (Å²) in [7, 11) is 1.67. The lowest BCUT2D eigenvalue weighted by Crippen LogP contribution is -2.28. The predicted molar refractivity (Wildman–Crippen MR) is 113 cm³/mol. The second kappa shape index (κ2) is 9.07. The molecule has 0 aliphatic rings. The van der Waals surface area contributed by atoms with Gasteiger partial charge in [-0.1, -0.05) is 24.3 Å². The quantitative estimate of drug-likeness (QED) is 0.392. The zero-order valence-electron chi connectivity index (χ0n) is 17.8. The van der Waals surface area contributed by atoms with Crippen molar-refractivity contribution in [1.29, 1.82) is 0 Å². The number of halogens is 4. The van der Waals surface area contributed by atoms with Crippen molar-refractivity contribution in [3.8, 4) is 5.69 Å². The Morgan fingerprint density at radius 1 is 1.06 bits per heavy atom. The van der Waals surface area contributed by atoms with Gasteiger partial charge in [-0.05, 0) is 65.9 Å². The van der Waals surface area contributed by atoms with Gasteiger partial charge in [-0.3, -0.25) is 9.88 Å². The Bertz CT molecular complexity index is 1240. The molecule has 0 radical (unpaired) electrons. The normalized spacial score (nSPS) is 12.8. The fraction of sp³-hybridized carbons (Fsp3) is 0.217. The highest BCUT2D eigenvalue weighted by atomic mass is 19.4. The van der Waals surface area contributed by atoms with Crippen LogP contribution in [0.2, 0.25) is 0 Å². The van der Waals surface area contributed by atoms with Gasteiger partial charge >= 0.3 is 6.18 Å². The number of pyridine rings is 1. The summed E-state index contributed by atoms with van der Waals surface area (Å²) in [5.41, 5.74) is 1.40. The molecule has 170 valence electrons. The van der Waals surface area contributed by atoms with Crippen LogP contribution < -0.4 is 0 Å². The van der Waals surface area contributed by atoms with Crippen molar-refractivity contribution in [2.24, 2.45) is 0 Å². The van der Waals surface area contributed by atoms with Gasteiger partial charge in [0.1, 0.15) is 5.82 Å². The van der Waals surface area contributed by atoms with Crippen molar-refractivity contribution in [3.05, 3.63) is 101 Å². The Morgan fingerprint density at radius 2 is 1.85 bits per heavy atom. The lowest BCUT2D eigenvalue weighted by atomic mass is 10.0. The second-order valence-electron chi connectivity index (χ2n) is 7.64. The van der Waals surface area contributed by atoms with E-state index in [1.54, 1.807) is 35.1 Å². The molecule has 0 fully saturated rings. The molecule has 1 unspecified atom stereocenters. The minimum atomic E-state index is -4.57. The molecular weight excluding hydrogens is 436 g/mol. The van der Waals surface area contributed by atoms with E-state index in [0.717, 1.165) is 29.4 Å². The third kappa shape index (κ3) is 4.75.